The Morgan fingerprint density at radius 2 is 1.44 bits per heavy atom. The van der Waals surface area contributed by atoms with Crippen molar-refractivity contribution in [1.29, 1.82) is 0 Å². The molecule has 0 aliphatic carbocycles. The van der Waals surface area contributed by atoms with Crippen LogP contribution in [-0.4, -0.2) is 20.2 Å². The number of hydrogen-bond donors (Lipinski definition) is 3. The number of guanidine groups is 1. The second-order valence-electron chi connectivity index (χ2n) is 7.20. The van der Waals surface area contributed by atoms with Gasteiger partial charge in [-0.3, -0.25) is 0 Å². The van der Waals surface area contributed by atoms with E-state index in [9.17, 15) is 0 Å². The molecule has 0 radical (unpaired) electrons. The van der Waals surface area contributed by atoms with Gasteiger partial charge in [0.25, 0.3) is 0 Å². The van der Waals surface area contributed by atoms with Crippen molar-refractivity contribution < 1.29 is 9.47 Å². The van der Waals surface area contributed by atoms with Crippen LogP contribution in [-0.2, 0) is 5.54 Å². The summed E-state index contributed by atoms with van der Waals surface area (Å²) in [5.74, 6) is 1.56. The Morgan fingerprint density at radius 3 is 2.03 bits per heavy atom. The molecule has 0 saturated heterocycles. The highest BCUT2D eigenvalue weighted by atomic mass is 35.5. The molecular weight excluding hydrogens is 447 g/mol. The lowest BCUT2D eigenvalue weighted by Gasteiger charge is -2.41. The van der Waals surface area contributed by atoms with E-state index in [-0.39, 0.29) is 11.8 Å². The van der Waals surface area contributed by atoms with E-state index in [1.165, 1.54) is 0 Å². The molecular formula is C24H22Cl2N4O2. The van der Waals surface area contributed by atoms with Crippen LogP contribution in [0, 0.1) is 0 Å². The van der Waals surface area contributed by atoms with Crippen LogP contribution in [0.25, 0.3) is 5.57 Å². The third kappa shape index (κ3) is 3.61. The minimum Gasteiger partial charge on any atom is -0.495 e. The first kappa shape index (κ1) is 21.9. The van der Waals surface area contributed by atoms with Crippen molar-refractivity contribution in [2.75, 3.05) is 14.2 Å². The Labute approximate surface area is 196 Å². The molecule has 0 fully saturated rings. The van der Waals surface area contributed by atoms with Gasteiger partial charge in [0.05, 0.1) is 24.3 Å². The second kappa shape index (κ2) is 8.65. The van der Waals surface area contributed by atoms with Crippen LogP contribution >= 0.6 is 23.2 Å². The highest BCUT2D eigenvalue weighted by Crippen LogP contribution is 2.47. The van der Waals surface area contributed by atoms with Crippen LogP contribution < -0.4 is 26.3 Å². The monoisotopic (exact) mass is 468 g/mol. The van der Waals surface area contributed by atoms with Crippen molar-refractivity contribution in [3.63, 3.8) is 0 Å². The molecule has 0 spiro atoms. The quantitative estimate of drug-likeness (QED) is 0.512. The lowest BCUT2D eigenvalue weighted by molar-refractivity contribution is 0.414. The van der Waals surface area contributed by atoms with Crippen molar-refractivity contribution in [3.05, 3.63) is 99.3 Å². The van der Waals surface area contributed by atoms with Crippen LogP contribution in [0.5, 0.6) is 11.5 Å². The van der Waals surface area contributed by atoms with E-state index in [0.29, 0.717) is 27.1 Å². The van der Waals surface area contributed by atoms with Crippen molar-refractivity contribution in [2.45, 2.75) is 5.54 Å². The Balaban J connectivity index is 2.06. The van der Waals surface area contributed by atoms with Crippen molar-refractivity contribution in [2.24, 2.45) is 16.5 Å². The van der Waals surface area contributed by atoms with Gasteiger partial charge in [-0.2, -0.15) is 4.99 Å². The lowest BCUT2D eigenvalue weighted by Crippen LogP contribution is -2.53. The Bertz CT molecular complexity index is 1230. The fraction of sp³-hybridized carbons (Fsp3) is 0.125. The van der Waals surface area contributed by atoms with Gasteiger partial charge in [-0.15, -0.1) is 0 Å². The topological polar surface area (TPSA) is 94.9 Å². The van der Waals surface area contributed by atoms with Crippen LogP contribution in [0.2, 0.25) is 10.0 Å². The molecule has 1 heterocycles. The van der Waals surface area contributed by atoms with E-state index in [0.717, 1.165) is 16.7 Å². The molecule has 3 aromatic rings. The van der Waals surface area contributed by atoms with Gasteiger partial charge in [-0.1, -0.05) is 65.7 Å². The molecule has 8 heteroatoms. The maximum atomic E-state index is 6.53. The fourth-order valence-corrected chi connectivity index (χ4v) is 4.55. The number of nitrogens with one attached hydrogen (secondary N) is 1. The number of methoxy groups -OCH3 is 2. The van der Waals surface area contributed by atoms with E-state index in [1.54, 1.807) is 32.4 Å². The fourth-order valence-electron chi connectivity index (χ4n) is 4.03. The molecule has 0 bridgehead atoms. The zero-order valence-electron chi connectivity index (χ0n) is 17.5. The molecule has 32 heavy (non-hydrogen) atoms. The Kier molecular flexibility index (Phi) is 5.91. The summed E-state index contributed by atoms with van der Waals surface area (Å²) in [5.41, 5.74) is 14.9. The molecule has 1 aliphatic heterocycles. The molecule has 1 unspecified atom stereocenters. The van der Waals surface area contributed by atoms with E-state index >= 15 is 0 Å². The number of nitrogens with zero attached hydrogens (tertiary/aromatic N) is 1. The first-order chi connectivity index (χ1) is 15.4. The van der Waals surface area contributed by atoms with E-state index in [2.05, 4.69) is 10.3 Å². The average molecular weight is 469 g/mol. The standard InChI is InChI=1S/C24H22Cl2N4O2/c1-31-19-10-8-14(12-17(19)25)21-22(27)29-23(28)30-24(21,15-6-4-3-5-7-15)16-9-11-20(32-2)18(26)13-16/h3-13H,27H2,1-2H3,(H3,28,29,30). The van der Waals surface area contributed by atoms with Crippen molar-refractivity contribution >= 4 is 34.7 Å². The van der Waals surface area contributed by atoms with Crippen LogP contribution in [0.4, 0.5) is 0 Å². The molecule has 0 amide bonds. The van der Waals surface area contributed by atoms with Crippen molar-refractivity contribution in [3.8, 4) is 11.5 Å². The Morgan fingerprint density at radius 1 is 0.812 bits per heavy atom. The number of nitrogens with two attached hydrogens (primary N) is 2. The maximum Gasteiger partial charge on any atom is 0.196 e. The third-order valence-corrected chi connectivity index (χ3v) is 6.01. The highest BCUT2D eigenvalue weighted by molar-refractivity contribution is 6.32. The van der Waals surface area contributed by atoms with Gasteiger partial charge in [-0.25, -0.2) is 0 Å². The van der Waals surface area contributed by atoms with Crippen LogP contribution in [0.1, 0.15) is 16.7 Å². The first-order valence-corrected chi connectivity index (χ1v) is 10.5. The molecule has 4 rings (SSSR count). The summed E-state index contributed by atoms with van der Waals surface area (Å²) in [4.78, 5) is 4.32. The van der Waals surface area contributed by atoms with Gasteiger partial charge >= 0.3 is 0 Å². The number of halogens is 2. The highest BCUT2D eigenvalue weighted by Gasteiger charge is 2.44. The smallest absolute Gasteiger partial charge is 0.196 e. The predicted molar refractivity (Wildman–Crippen MR) is 129 cm³/mol. The van der Waals surface area contributed by atoms with Crippen molar-refractivity contribution in [1.82, 2.24) is 5.32 Å². The lowest BCUT2D eigenvalue weighted by atomic mass is 9.73. The molecule has 0 aromatic heterocycles. The van der Waals surface area contributed by atoms with E-state index in [1.807, 2.05) is 48.5 Å². The van der Waals surface area contributed by atoms with Gasteiger partial charge < -0.3 is 26.3 Å². The summed E-state index contributed by atoms with van der Waals surface area (Å²) in [7, 11) is 3.13. The Hall–Kier alpha value is -3.35. The normalized spacial score (nSPS) is 18.1. The zero-order chi connectivity index (χ0) is 22.9. The molecule has 5 N–H and O–H groups in total. The van der Waals surface area contributed by atoms with Gasteiger partial charge in [0, 0.05) is 5.57 Å². The molecule has 164 valence electrons. The maximum absolute atomic E-state index is 6.53. The van der Waals surface area contributed by atoms with E-state index < -0.39 is 5.54 Å². The first-order valence-electron chi connectivity index (χ1n) is 9.76. The zero-order valence-corrected chi connectivity index (χ0v) is 19.0. The third-order valence-electron chi connectivity index (χ3n) is 5.42. The largest absolute Gasteiger partial charge is 0.495 e. The summed E-state index contributed by atoms with van der Waals surface area (Å²) in [6.07, 6.45) is 0. The van der Waals surface area contributed by atoms with Gasteiger partial charge in [-0.05, 0) is 41.0 Å². The SMILES string of the molecule is COc1ccc(C2=C(N)N=C(N)NC2(c2ccccc2)c2ccc(OC)c(Cl)c2)cc1Cl. The number of hydrogen-bond acceptors (Lipinski definition) is 6. The average Bonchev–Trinajstić information content (AvgIpc) is 2.79. The van der Waals surface area contributed by atoms with Crippen LogP contribution in [0.3, 0.4) is 0 Å². The second-order valence-corrected chi connectivity index (χ2v) is 8.01. The summed E-state index contributed by atoms with van der Waals surface area (Å²) in [6, 6.07) is 20.8. The number of ether oxygens (including phenoxy) is 2. The number of aliphatic imine (C=N–C) groups is 1. The molecule has 1 atom stereocenters. The van der Waals surface area contributed by atoms with Gasteiger partial charge in [0.15, 0.2) is 5.96 Å². The van der Waals surface area contributed by atoms with Gasteiger partial charge in [0.1, 0.15) is 22.9 Å². The van der Waals surface area contributed by atoms with E-state index in [4.69, 9.17) is 44.1 Å². The van der Waals surface area contributed by atoms with Crippen LogP contribution in [0.15, 0.2) is 77.5 Å². The number of benzene rings is 3. The summed E-state index contributed by atoms with van der Waals surface area (Å²) >= 11 is 13.0. The minimum atomic E-state index is -0.995. The molecule has 3 aromatic carbocycles. The summed E-state index contributed by atoms with van der Waals surface area (Å²) in [5, 5.41) is 4.27. The molecule has 6 nitrogen and oxygen atoms in total. The van der Waals surface area contributed by atoms with Gasteiger partial charge in [0.2, 0.25) is 0 Å². The molecule has 1 aliphatic rings. The minimum absolute atomic E-state index is 0.182. The predicted octanol–water partition coefficient (Wildman–Crippen LogP) is 4.50. The molecule has 0 saturated carbocycles. The summed E-state index contributed by atoms with van der Waals surface area (Å²) < 4.78 is 10.7. The summed E-state index contributed by atoms with van der Waals surface area (Å²) in [6.45, 7) is 0. The number of rotatable bonds is 5.